The highest BCUT2D eigenvalue weighted by Gasteiger charge is 2.25. The highest BCUT2D eigenvalue weighted by atomic mass is 16.3. The van der Waals surface area contributed by atoms with Gasteiger partial charge in [0.05, 0.1) is 6.10 Å². The molecule has 0 aliphatic carbocycles. The maximum atomic E-state index is 9.66. The summed E-state index contributed by atoms with van der Waals surface area (Å²) in [7, 11) is 0. The van der Waals surface area contributed by atoms with Crippen LogP contribution < -0.4 is 4.90 Å². The third-order valence-electron chi connectivity index (χ3n) is 3.24. The molecule has 16 heavy (non-hydrogen) atoms. The van der Waals surface area contributed by atoms with E-state index in [2.05, 4.69) is 28.7 Å². The van der Waals surface area contributed by atoms with Gasteiger partial charge in [-0.2, -0.15) is 0 Å². The summed E-state index contributed by atoms with van der Waals surface area (Å²) in [5.74, 6) is 1.08. The quantitative estimate of drug-likeness (QED) is 0.816. The van der Waals surface area contributed by atoms with Crippen LogP contribution >= 0.6 is 0 Å². The molecule has 2 heterocycles. The average Bonchev–Trinajstić information content (AvgIpc) is 2.33. The molecule has 1 aliphatic heterocycles. The van der Waals surface area contributed by atoms with E-state index in [0.717, 1.165) is 37.4 Å². The number of aliphatic hydroxyl groups is 1. The molecule has 2 rings (SSSR count). The topological polar surface area (TPSA) is 49.2 Å². The molecule has 0 amide bonds. The number of hydrogen-bond acceptors (Lipinski definition) is 4. The predicted molar refractivity (Wildman–Crippen MR) is 63.4 cm³/mol. The van der Waals surface area contributed by atoms with Crippen LogP contribution in [0.4, 0.5) is 5.95 Å². The van der Waals surface area contributed by atoms with Crippen molar-refractivity contribution < 1.29 is 5.11 Å². The lowest BCUT2D eigenvalue weighted by atomic mass is 9.97. The first-order valence-corrected chi connectivity index (χ1v) is 5.94. The van der Waals surface area contributed by atoms with Crippen LogP contribution in [0.25, 0.3) is 0 Å². The molecular formula is C12H19N3O. The van der Waals surface area contributed by atoms with E-state index in [1.807, 2.05) is 12.4 Å². The third-order valence-corrected chi connectivity index (χ3v) is 3.24. The molecular weight excluding hydrogens is 202 g/mol. The second-order valence-corrected chi connectivity index (χ2v) is 4.52. The van der Waals surface area contributed by atoms with E-state index in [1.165, 1.54) is 0 Å². The molecule has 0 radical (unpaired) electrons. The molecule has 1 aliphatic rings. The Morgan fingerprint density at radius 3 is 2.69 bits per heavy atom. The molecule has 1 saturated heterocycles. The zero-order chi connectivity index (χ0) is 11.5. The van der Waals surface area contributed by atoms with E-state index in [0.29, 0.717) is 5.92 Å². The number of anilines is 1. The number of aryl methyl sites for hydroxylation is 1. The van der Waals surface area contributed by atoms with Crippen molar-refractivity contribution in [2.75, 3.05) is 18.0 Å². The largest absolute Gasteiger partial charge is 0.393 e. The van der Waals surface area contributed by atoms with E-state index < -0.39 is 0 Å². The van der Waals surface area contributed by atoms with E-state index in [4.69, 9.17) is 0 Å². The molecule has 0 spiro atoms. The summed E-state index contributed by atoms with van der Waals surface area (Å²) in [5.41, 5.74) is 1.16. The zero-order valence-corrected chi connectivity index (χ0v) is 9.93. The van der Waals surface area contributed by atoms with Crippen LogP contribution in [0.3, 0.4) is 0 Å². The maximum Gasteiger partial charge on any atom is 0.225 e. The zero-order valence-electron chi connectivity index (χ0n) is 9.93. The summed E-state index contributed by atoms with van der Waals surface area (Å²) < 4.78 is 0. The summed E-state index contributed by atoms with van der Waals surface area (Å²) >= 11 is 0. The molecule has 0 bridgehead atoms. The van der Waals surface area contributed by atoms with Gasteiger partial charge in [0.2, 0.25) is 5.95 Å². The summed E-state index contributed by atoms with van der Waals surface area (Å²) in [4.78, 5) is 10.9. The first-order chi connectivity index (χ1) is 7.70. The molecule has 4 nitrogen and oxygen atoms in total. The summed E-state index contributed by atoms with van der Waals surface area (Å²) in [6.07, 6.45) is 5.37. The number of piperidine rings is 1. The average molecular weight is 221 g/mol. The molecule has 1 aromatic heterocycles. The number of aliphatic hydroxyl groups excluding tert-OH is 1. The van der Waals surface area contributed by atoms with Gasteiger partial charge in [0.1, 0.15) is 0 Å². The molecule has 4 heteroatoms. The second kappa shape index (κ2) is 4.78. The number of nitrogens with zero attached hydrogens (tertiary/aromatic N) is 3. The van der Waals surface area contributed by atoms with Crippen LogP contribution in [0.2, 0.25) is 0 Å². The lowest BCUT2D eigenvalue weighted by molar-refractivity contribution is 0.0966. The smallest absolute Gasteiger partial charge is 0.225 e. The van der Waals surface area contributed by atoms with Gasteiger partial charge < -0.3 is 10.0 Å². The lowest BCUT2D eigenvalue weighted by Gasteiger charge is -2.34. The van der Waals surface area contributed by atoms with Gasteiger partial charge in [-0.1, -0.05) is 13.8 Å². The fourth-order valence-corrected chi connectivity index (χ4v) is 2.01. The predicted octanol–water partition coefficient (Wildman–Crippen LogP) is 1.25. The Bertz CT molecular complexity index is 339. The number of hydrogen-bond donors (Lipinski definition) is 1. The maximum absolute atomic E-state index is 9.66. The van der Waals surface area contributed by atoms with Crippen molar-refractivity contribution in [1.82, 2.24) is 9.97 Å². The Hall–Kier alpha value is -1.16. The normalized spacial score (nSPS) is 25.8. The van der Waals surface area contributed by atoms with E-state index in [-0.39, 0.29) is 6.10 Å². The lowest BCUT2D eigenvalue weighted by Crippen LogP contribution is -2.42. The molecule has 88 valence electrons. The van der Waals surface area contributed by atoms with Gasteiger partial charge in [-0.05, 0) is 24.3 Å². The number of rotatable bonds is 2. The van der Waals surface area contributed by atoms with Crippen LogP contribution in [-0.2, 0) is 6.42 Å². The van der Waals surface area contributed by atoms with Crippen molar-refractivity contribution >= 4 is 5.95 Å². The van der Waals surface area contributed by atoms with Gasteiger partial charge in [-0.3, -0.25) is 0 Å². The highest BCUT2D eigenvalue weighted by molar-refractivity contribution is 5.30. The SMILES string of the molecule is CCc1cnc(N2CC[C@@H](O)[C@H](C)C2)nc1. The standard InChI is InChI=1S/C12H19N3O/c1-3-10-6-13-12(14-7-10)15-5-4-11(16)9(2)8-15/h6-7,9,11,16H,3-5,8H2,1-2H3/t9-,11-/m1/s1. The fourth-order valence-electron chi connectivity index (χ4n) is 2.01. The third kappa shape index (κ3) is 2.32. The Labute approximate surface area is 96.3 Å². The van der Waals surface area contributed by atoms with E-state index >= 15 is 0 Å². The summed E-state index contributed by atoms with van der Waals surface area (Å²) in [6, 6.07) is 0. The Morgan fingerprint density at radius 2 is 2.12 bits per heavy atom. The highest BCUT2D eigenvalue weighted by Crippen LogP contribution is 2.20. The van der Waals surface area contributed by atoms with Crippen molar-refractivity contribution in [2.45, 2.75) is 32.8 Å². The van der Waals surface area contributed by atoms with Gasteiger partial charge >= 0.3 is 0 Å². The van der Waals surface area contributed by atoms with Crippen LogP contribution in [0.1, 0.15) is 25.8 Å². The second-order valence-electron chi connectivity index (χ2n) is 4.52. The van der Waals surface area contributed by atoms with Crippen LogP contribution in [0.5, 0.6) is 0 Å². The number of aromatic nitrogens is 2. The van der Waals surface area contributed by atoms with Gasteiger partial charge in [0.15, 0.2) is 0 Å². The minimum atomic E-state index is -0.175. The molecule has 0 aromatic carbocycles. The van der Waals surface area contributed by atoms with Crippen molar-refractivity contribution in [3.05, 3.63) is 18.0 Å². The van der Waals surface area contributed by atoms with Gasteiger partial charge in [0, 0.05) is 25.5 Å². The Kier molecular flexibility index (Phi) is 3.39. The molecule has 0 saturated carbocycles. The molecule has 1 aromatic rings. The van der Waals surface area contributed by atoms with Crippen molar-refractivity contribution in [3.63, 3.8) is 0 Å². The Morgan fingerprint density at radius 1 is 1.44 bits per heavy atom. The Balaban J connectivity index is 2.06. The minimum absolute atomic E-state index is 0.175. The van der Waals surface area contributed by atoms with Crippen LogP contribution in [-0.4, -0.2) is 34.3 Å². The van der Waals surface area contributed by atoms with Crippen LogP contribution in [0, 0.1) is 5.92 Å². The summed E-state index contributed by atoms with van der Waals surface area (Å²) in [5, 5.41) is 9.66. The minimum Gasteiger partial charge on any atom is -0.393 e. The first kappa shape index (κ1) is 11.3. The van der Waals surface area contributed by atoms with Crippen molar-refractivity contribution in [2.24, 2.45) is 5.92 Å². The monoisotopic (exact) mass is 221 g/mol. The molecule has 2 atom stereocenters. The first-order valence-electron chi connectivity index (χ1n) is 5.94. The van der Waals surface area contributed by atoms with Crippen LogP contribution in [0.15, 0.2) is 12.4 Å². The van der Waals surface area contributed by atoms with Gasteiger partial charge in [-0.25, -0.2) is 9.97 Å². The van der Waals surface area contributed by atoms with E-state index in [9.17, 15) is 5.11 Å². The van der Waals surface area contributed by atoms with Gasteiger partial charge in [-0.15, -0.1) is 0 Å². The molecule has 1 fully saturated rings. The van der Waals surface area contributed by atoms with Gasteiger partial charge in [0.25, 0.3) is 0 Å². The van der Waals surface area contributed by atoms with Crippen molar-refractivity contribution in [1.29, 1.82) is 0 Å². The molecule has 0 unspecified atom stereocenters. The van der Waals surface area contributed by atoms with E-state index in [1.54, 1.807) is 0 Å². The van der Waals surface area contributed by atoms with Crippen molar-refractivity contribution in [3.8, 4) is 0 Å². The summed E-state index contributed by atoms with van der Waals surface area (Å²) in [6.45, 7) is 5.85. The molecule has 1 N–H and O–H groups in total. The fraction of sp³-hybridized carbons (Fsp3) is 0.667.